The average molecular weight is 323 g/mol. The van der Waals surface area contributed by atoms with Crippen LogP contribution in [0.3, 0.4) is 0 Å². The monoisotopic (exact) mass is 323 g/mol. The molecule has 0 saturated heterocycles. The van der Waals surface area contributed by atoms with Gasteiger partial charge in [0.25, 0.3) is 0 Å². The van der Waals surface area contributed by atoms with Crippen molar-refractivity contribution in [3.05, 3.63) is 74.3 Å². The number of benzene rings is 2. The maximum absolute atomic E-state index is 12.4. The number of fused-ring (bicyclic) bond motifs is 1. The predicted molar refractivity (Wildman–Crippen MR) is 93.4 cm³/mol. The maximum Gasteiger partial charge on any atom is 0.317 e. The van der Waals surface area contributed by atoms with Crippen LogP contribution in [0.25, 0.3) is 11.0 Å². The van der Waals surface area contributed by atoms with Crippen LogP contribution in [0.5, 0.6) is 0 Å². The van der Waals surface area contributed by atoms with E-state index >= 15 is 0 Å². The largest absolute Gasteiger partial charge is 0.324 e. The fraction of sp³-hybridized carbons (Fsp3) is 0.167. The lowest BCUT2D eigenvalue weighted by atomic mass is 10.1. The summed E-state index contributed by atoms with van der Waals surface area (Å²) in [5.41, 5.74) is 2.26. The molecule has 0 atom stereocenters. The van der Waals surface area contributed by atoms with E-state index in [9.17, 15) is 14.4 Å². The number of H-pyrrole nitrogens is 1. The number of nitrogens with one attached hydrogen (secondary N) is 2. The van der Waals surface area contributed by atoms with E-state index in [0.29, 0.717) is 16.7 Å². The van der Waals surface area contributed by atoms with Gasteiger partial charge in [0.15, 0.2) is 0 Å². The van der Waals surface area contributed by atoms with Crippen LogP contribution in [0.1, 0.15) is 11.1 Å². The Morgan fingerprint density at radius 1 is 1.08 bits per heavy atom. The van der Waals surface area contributed by atoms with Gasteiger partial charge in [-0.15, -0.1) is 0 Å². The molecule has 2 aromatic carbocycles. The van der Waals surface area contributed by atoms with Crippen molar-refractivity contribution in [1.29, 1.82) is 0 Å². The van der Waals surface area contributed by atoms with Crippen molar-refractivity contribution in [2.75, 3.05) is 5.32 Å². The first kappa shape index (κ1) is 15.7. The van der Waals surface area contributed by atoms with Crippen molar-refractivity contribution in [1.82, 2.24) is 9.55 Å². The van der Waals surface area contributed by atoms with Gasteiger partial charge in [-0.1, -0.05) is 24.3 Å². The summed E-state index contributed by atoms with van der Waals surface area (Å²) >= 11 is 0. The van der Waals surface area contributed by atoms with Gasteiger partial charge in [0.05, 0.1) is 11.0 Å². The van der Waals surface area contributed by atoms with Crippen LogP contribution in [0.15, 0.2) is 52.1 Å². The van der Waals surface area contributed by atoms with Gasteiger partial charge in [-0.25, -0.2) is 0 Å². The molecule has 1 aromatic heterocycles. The molecule has 0 unspecified atom stereocenters. The molecule has 122 valence electrons. The highest BCUT2D eigenvalue weighted by molar-refractivity contribution is 5.92. The zero-order chi connectivity index (χ0) is 17.3. The topological polar surface area (TPSA) is 84.0 Å². The Balaban J connectivity index is 1.97. The van der Waals surface area contributed by atoms with Crippen molar-refractivity contribution in [3.63, 3.8) is 0 Å². The van der Waals surface area contributed by atoms with Crippen molar-refractivity contribution in [2.24, 2.45) is 0 Å². The molecule has 3 aromatic rings. The molecule has 2 N–H and O–H groups in total. The van der Waals surface area contributed by atoms with E-state index in [1.54, 1.807) is 30.3 Å². The number of anilines is 1. The molecule has 24 heavy (non-hydrogen) atoms. The number of aromatic nitrogens is 2. The Hall–Kier alpha value is -3.15. The van der Waals surface area contributed by atoms with Crippen molar-refractivity contribution in [2.45, 2.75) is 20.4 Å². The van der Waals surface area contributed by atoms with E-state index in [0.717, 1.165) is 11.1 Å². The number of nitrogens with zero attached hydrogens (tertiary/aromatic N) is 1. The molecule has 0 bridgehead atoms. The number of aromatic amines is 1. The Morgan fingerprint density at radius 3 is 2.62 bits per heavy atom. The van der Waals surface area contributed by atoms with E-state index in [1.165, 1.54) is 4.57 Å². The number of hydrogen-bond acceptors (Lipinski definition) is 3. The summed E-state index contributed by atoms with van der Waals surface area (Å²) in [5, 5.41) is 2.80. The van der Waals surface area contributed by atoms with Crippen LogP contribution >= 0.6 is 0 Å². The fourth-order valence-corrected chi connectivity index (χ4v) is 2.60. The molecular weight excluding hydrogens is 306 g/mol. The molecule has 0 radical (unpaired) electrons. The van der Waals surface area contributed by atoms with Crippen LogP contribution < -0.4 is 16.4 Å². The van der Waals surface area contributed by atoms with Gasteiger partial charge >= 0.3 is 11.1 Å². The van der Waals surface area contributed by atoms with Gasteiger partial charge in [0.1, 0.15) is 6.54 Å². The zero-order valence-corrected chi connectivity index (χ0v) is 13.4. The first-order chi connectivity index (χ1) is 11.5. The van der Waals surface area contributed by atoms with Gasteiger partial charge in [0.2, 0.25) is 5.91 Å². The Morgan fingerprint density at radius 2 is 1.83 bits per heavy atom. The number of rotatable bonds is 3. The Labute approximate surface area is 137 Å². The van der Waals surface area contributed by atoms with E-state index in [2.05, 4.69) is 10.3 Å². The summed E-state index contributed by atoms with van der Waals surface area (Å²) in [6.45, 7) is 3.65. The maximum atomic E-state index is 12.4. The molecule has 6 nitrogen and oxygen atoms in total. The molecule has 0 aliphatic heterocycles. The molecule has 0 aliphatic carbocycles. The second-order valence-electron chi connectivity index (χ2n) is 5.66. The van der Waals surface area contributed by atoms with Crippen LogP contribution in [-0.4, -0.2) is 15.5 Å². The third-order valence-corrected chi connectivity index (χ3v) is 4.06. The Bertz CT molecular complexity index is 1050. The molecule has 6 heteroatoms. The quantitative estimate of drug-likeness (QED) is 0.723. The lowest BCUT2D eigenvalue weighted by Crippen LogP contribution is -2.38. The van der Waals surface area contributed by atoms with Gasteiger partial charge in [0, 0.05) is 5.69 Å². The summed E-state index contributed by atoms with van der Waals surface area (Å²) < 4.78 is 1.19. The summed E-state index contributed by atoms with van der Waals surface area (Å²) in [4.78, 5) is 38.8. The third-order valence-electron chi connectivity index (χ3n) is 4.06. The molecule has 0 fully saturated rings. The Kier molecular flexibility index (Phi) is 4.04. The molecule has 0 saturated carbocycles. The number of aryl methyl sites for hydroxylation is 1. The van der Waals surface area contributed by atoms with E-state index in [-0.39, 0.29) is 12.5 Å². The minimum atomic E-state index is -0.746. The summed E-state index contributed by atoms with van der Waals surface area (Å²) in [5.74, 6) is -0.360. The first-order valence-electron chi connectivity index (χ1n) is 7.55. The highest BCUT2D eigenvalue weighted by atomic mass is 16.2. The summed E-state index contributed by atoms with van der Waals surface area (Å²) in [7, 11) is 0. The molecular formula is C18H17N3O3. The van der Waals surface area contributed by atoms with Crippen molar-refractivity contribution < 1.29 is 4.79 Å². The second kappa shape index (κ2) is 6.16. The highest BCUT2D eigenvalue weighted by Crippen LogP contribution is 2.18. The van der Waals surface area contributed by atoms with Gasteiger partial charge < -0.3 is 10.3 Å². The number of carbonyl (C=O) groups excluding carboxylic acids is 1. The summed E-state index contributed by atoms with van der Waals surface area (Å²) in [6, 6.07) is 12.5. The molecule has 3 rings (SSSR count). The molecule has 0 aliphatic rings. The lowest BCUT2D eigenvalue weighted by Gasteiger charge is -2.12. The van der Waals surface area contributed by atoms with Gasteiger partial charge in [-0.05, 0) is 43.2 Å². The zero-order valence-electron chi connectivity index (χ0n) is 13.4. The van der Waals surface area contributed by atoms with Gasteiger partial charge in [-0.2, -0.15) is 0 Å². The normalized spacial score (nSPS) is 10.8. The molecule has 1 amide bonds. The van der Waals surface area contributed by atoms with Crippen LogP contribution in [-0.2, 0) is 11.3 Å². The average Bonchev–Trinajstić information content (AvgIpc) is 2.56. The van der Waals surface area contributed by atoms with Gasteiger partial charge in [-0.3, -0.25) is 19.0 Å². The SMILES string of the molecule is Cc1cccc(NC(=O)Cn2c(=O)c(=O)[nH]c3ccccc32)c1C. The van der Waals surface area contributed by atoms with E-state index < -0.39 is 11.1 Å². The third kappa shape index (κ3) is 2.86. The first-order valence-corrected chi connectivity index (χ1v) is 7.55. The number of amides is 1. The number of para-hydroxylation sites is 2. The minimum absolute atomic E-state index is 0.226. The van der Waals surface area contributed by atoms with Crippen molar-refractivity contribution in [3.8, 4) is 0 Å². The molecule has 0 spiro atoms. The summed E-state index contributed by atoms with van der Waals surface area (Å²) in [6.07, 6.45) is 0. The number of hydrogen-bond donors (Lipinski definition) is 2. The number of carbonyl (C=O) groups is 1. The highest BCUT2D eigenvalue weighted by Gasteiger charge is 2.12. The fourth-order valence-electron chi connectivity index (χ4n) is 2.60. The minimum Gasteiger partial charge on any atom is -0.324 e. The van der Waals surface area contributed by atoms with Crippen LogP contribution in [0.4, 0.5) is 5.69 Å². The standard InChI is InChI=1S/C18H17N3O3/c1-11-6-5-8-13(12(11)2)19-16(22)10-21-15-9-4-3-7-14(15)20-17(23)18(21)24/h3-9H,10H2,1-2H3,(H,19,22)(H,20,23). The van der Waals surface area contributed by atoms with Crippen LogP contribution in [0.2, 0.25) is 0 Å². The predicted octanol–water partition coefficient (Wildman–Crippen LogP) is 1.95. The van der Waals surface area contributed by atoms with E-state index in [1.807, 2.05) is 26.0 Å². The van der Waals surface area contributed by atoms with Crippen LogP contribution in [0, 0.1) is 13.8 Å². The smallest absolute Gasteiger partial charge is 0.317 e. The molecule has 1 heterocycles. The second-order valence-corrected chi connectivity index (χ2v) is 5.66. The van der Waals surface area contributed by atoms with E-state index in [4.69, 9.17) is 0 Å². The van der Waals surface area contributed by atoms with Crippen molar-refractivity contribution >= 4 is 22.6 Å². The lowest BCUT2D eigenvalue weighted by molar-refractivity contribution is -0.116.